The highest BCUT2D eigenvalue weighted by Crippen LogP contribution is 2.29. The van der Waals surface area contributed by atoms with Gasteiger partial charge in [0.15, 0.2) is 5.58 Å². The number of hydrogen-bond acceptors (Lipinski definition) is 5. The fourth-order valence-corrected chi connectivity index (χ4v) is 3.07. The van der Waals surface area contributed by atoms with Crippen molar-refractivity contribution in [1.29, 1.82) is 0 Å². The summed E-state index contributed by atoms with van der Waals surface area (Å²) in [5, 5.41) is 17.9. The van der Waals surface area contributed by atoms with Gasteiger partial charge in [-0.1, -0.05) is 17.3 Å². The first-order valence-electron chi connectivity index (χ1n) is 9.50. The van der Waals surface area contributed by atoms with Crippen LogP contribution in [0.2, 0.25) is 0 Å². The van der Waals surface area contributed by atoms with Gasteiger partial charge in [-0.25, -0.2) is 8.78 Å². The number of rotatable bonds is 8. The van der Waals surface area contributed by atoms with Gasteiger partial charge < -0.3 is 19.7 Å². The van der Waals surface area contributed by atoms with Crippen LogP contribution in [-0.2, 0) is 6.54 Å². The Morgan fingerprint density at radius 2 is 1.70 bits per heavy atom. The summed E-state index contributed by atoms with van der Waals surface area (Å²) < 4.78 is 37.0. The molecule has 0 saturated carbocycles. The minimum absolute atomic E-state index is 0.127. The summed E-state index contributed by atoms with van der Waals surface area (Å²) in [4.78, 5) is 0. The van der Waals surface area contributed by atoms with Crippen molar-refractivity contribution in [2.24, 2.45) is 0 Å². The lowest BCUT2D eigenvalue weighted by molar-refractivity contribution is 0.106. The first-order valence-corrected chi connectivity index (χ1v) is 9.50. The van der Waals surface area contributed by atoms with Crippen molar-refractivity contribution in [3.63, 3.8) is 0 Å². The van der Waals surface area contributed by atoms with E-state index in [1.54, 1.807) is 30.3 Å². The normalized spacial score (nSPS) is 12.2. The molecule has 1 unspecified atom stereocenters. The fourth-order valence-electron chi connectivity index (χ4n) is 3.07. The van der Waals surface area contributed by atoms with Crippen LogP contribution in [0.1, 0.15) is 5.56 Å². The number of nitrogens with zero attached hydrogens (tertiary/aromatic N) is 1. The Morgan fingerprint density at radius 1 is 0.967 bits per heavy atom. The van der Waals surface area contributed by atoms with E-state index in [9.17, 15) is 13.9 Å². The monoisotopic (exact) mass is 410 g/mol. The van der Waals surface area contributed by atoms with E-state index in [1.165, 1.54) is 24.3 Å². The van der Waals surface area contributed by atoms with E-state index in [-0.39, 0.29) is 18.2 Å². The number of hydrogen-bond donors (Lipinski definition) is 2. The lowest BCUT2D eigenvalue weighted by atomic mass is 10.1. The maximum Gasteiger partial charge on any atom is 0.170 e. The van der Waals surface area contributed by atoms with E-state index in [1.807, 2.05) is 12.1 Å². The SMILES string of the molecule is OC(CNCc1ccc(F)cc1)COc1ccc(-c2noc3cc(F)ccc23)cc1. The molecule has 154 valence electrons. The van der Waals surface area contributed by atoms with E-state index in [0.717, 1.165) is 16.5 Å². The van der Waals surface area contributed by atoms with Gasteiger partial charge in [-0.2, -0.15) is 0 Å². The molecule has 0 spiro atoms. The molecule has 0 radical (unpaired) electrons. The summed E-state index contributed by atoms with van der Waals surface area (Å²) in [6, 6.07) is 17.7. The number of benzene rings is 3. The molecule has 0 aliphatic carbocycles. The largest absolute Gasteiger partial charge is 0.491 e. The second-order valence-corrected chi connectivity index (χ2v) is 6.92. The number of aliphatic hydroxyl groups is 1. The summed E-state index contributed by atoms with van der Waals surface area (Å²) in [6.07, 6.45) is -0.695. The summed E-state index contributed by atoms with van der Waals surface area (Å²) in [7, 11) is 0. The zero-order valence-corrected chi connectivity index (χ0v) is 16.0. The van der Waals surface area contributed by atoms with Gasteiger partial charge in [0.1, 0.15) is 35.8 Å². The summed E-state index contributed by atoms with van der Waals surface area (Å²) in [5.74, 6) is -0.0429. The Kier molecular flexibility index (Phi) is 6.02. The Morgan fingerprint density at radius 3 is 2.47 bits per heavy atom. The fraction of sp³-hybridized carbons (Fsp3) is 0.174. The van der Waals surface area contributed by atoms with Crippen LogP contribution in [-0.4, -0.2) is 29.5 Å². The van der Waals surface area contributed by atoms with E-state index in [2.05, 4.69) is 10.5 Å². The molecule has 1 aromatic heterocycles. The number of halogens is 2. The van der Waals surface area contributed by atoms with Gasteiger partial charge in [0.25, 0.3) is 0 Å². The Hall–Kier alpha value is -3.29. The number of ether oxygens (including phenoxy) is 1. The van der Waals surface area contributed by atoms with Gasteiger partial charge in [-0.15, -0.1) is 0 Å². The summed E-state index contributed by atoms with van der Waals surface area (Å²) in [5.41, 5.74) is 2.76. The summed E-state index contributed by atoms with van der Waals surface area (Å²) in [6.45, 7) is 1.00. The van der Waals surface area contributed by atoms with Gasteiger partial charge in [-0.05, 0) is 54.1 Å². The number of nitrogens with one attached hydrogen (secondary N) is 1. The lowest BCUT2D eigenvalue weighted by Crippen LogP contribution is -2.31. The predicted octanol–water partition coefficient (Wildman–Crippen LogP) is 4.30. The maximum atomic E-state index is 13.3. The van der Waals surface area contributed by atoms with Gasteiger partial charge >= 0.3 is 0 Å². The predicted molar refractivity (Wildman–Crippen MR) is 109 cm³/mol. The van der Waals surface area contributed by atoms with Gasteiger partial charge in [0.05, 0.1) is 0 Å². The molecule has 0 amide bonds. The standard InChI is InChI=1S/C23H20F2N2O3/c24-17-5-1-15(2-6-17)12-26-13-19(28)14-29-20-8-3-16(4-9-20)23-21-10-7-18(25)11-22(21)30-27-23/h1-11,19,26,28H,12-14H2. The molecule has 4 aromatic rings. The molecule has 0 aliphatic heterocycles. The van der Waals surface area contributed by atoms with Crippen LogP contribution in [0.25, 0.3) is 22.2 Å². The van der Waals surface area contributed by atoms with Crippen LogP contribution >= 0.6 is 0 Å². The second kappa shape index (κ2) is 9.02. The number of aliphatic hydroxyl groups excluding tert-OH is 1. The molecule has 0 aliphatic rings. The molecule has 2 N–H and O–H groups in total. The molecule has 5 nitrogen and oxygen atoms in total. The van der Waals surface area contributed by atoms with Crippen LogP contribution in [0.3, 0.4) is 0 Å². The number of aromatic nitrogens is 1. The van der Waals surface area contributed by atoms with Crippen LogP contribution in [0.4, 0.5) is 8.78 Å². The Balaban J connectivity index is 1.28. The van der Waals surface area contributed by atoms with E-state index >= 15 is 0 Å². The van der Waals surface area contributed by atoms with Crippen molar-refractivity contribution < 1.29 is 23.1 Å². The molecular formula is C23H20F2N2O3. The lowest BCUT2D eigenvalue weighted by Gasteiger charge is -2.13. The van der Waals surface area contributed by atoms with Crippen LogP contribution in [0, 0.1) is 11.6 Å². The Bertz CT molecular complexity index is 1110. The highest BCUT2D eigenvalue weighted by atomic mass is 19.1. The average molecular weight is 410 g/mol. The zero-order chi connectivity index (χ0) is 20.9. The molecule has 0 saturated heterocycles. The van der Waals surface area contributed by atoms with Crippen molar-refractivity contribution in [2.75, 3.05) is 13.2 Å². The molecule has 3 aromatic carbocycles. The van der Waals surface area contributed by atoms with Crippen molar-refractivity contribution in [3.8, 4) is 17.0 Å². The van der Waals surface area contributed by atoms with E-state index in [4.69, 9.17) is 9.26 Å². The topological polar surface area (TPSA) is 67.5 Å². The van der Waals surface area contributed by atoms with Crippen LogP contribution in [0.5, 0.6) is 5.75 Å². The zero-order valence-electron chi connectivity index (χ0n) is 16.0. The minimum Gasteiger partial charge on any atom is -0.491 e. The molecule has 30 heavy (non-hydrogen) atoms. The van der Waals surface area contributed by atoms with E-state index < -0.39 is 6.10 Å². The smallest absolute Gasteiger partial charge is 0.170 e. The quantitative estimate of drug-likeness (QED) is 0.453. The van der Waals surface area contributed by atoms with Crippen molar-refractivity contribution in [3.05, 3.63) is 83.9 Å². The van der Waals surface area contributed by atoms with Gasteiger partial charge in [0.2, 0.25) is 0 Å². The molecule has 1 heterocycles. The second-order valence-electron chi connectivity index (χ2n) is 6.92. The minimum atomic E-state index is -0.695. The van der Waals surface area contributed by atoms with Crippen molar-refractivity contribution >= 4 is 11.0 Å². The highest BCUT2D eigenvalue weighted by Gasteiger charge is 2.11. The molecule has 7 heteroatoms. The molecule has 4 rings (SSSR count). The molecule has 0 fully saturated rings. The van der Waals surface area contributed by atoms with Gasteiger partial charge in [0, 0.05) is 30.1 Å². The third kappa shape index (κ3) is 4.82. The first kappa shape index (κ1) is 20.0. The first-order chi connectivity index (χ1) is 14.6. The van der Waals surface area contributed by atoms with Crippen LogP contribution < -0.4 is 10.1 Å². The third-order valence-corrected chi connectivity index (χ3v) is 4.63. The Labute approximate surface area is 171 Å². The highest BCUT2D eigenvalue weighted by molar-refractivity contribution is 5.91. The number of fused-ring (bicyclic) bond motifs is 1. The van der Waals surface area contributed by atoms with Crippen molar-refractivity contribution in [1.82, 2.24) is 10.5 Å². The average Bonchev–Trinajstić information content (AvgIpc) is 3.17. The maximum absolute atomic E-state index is 13.3. The molecule has 1 atom stereocenters. The third-order valence-electron chi connectivity index (χ3n) is 4.63. The van der Waals surface area contributed by atoms with Crippen LogP contribution in [0.15, 0.2) is 71.3 Å². The van der Waals surface area contributed by atoms with Gasteiger partial charge in [-0.3, -0.25) is 0 Å². The molecular weight excluding hydrogens is 390 g/mol. The summed E-state index contributed by atoms with van der Waals surface area (Å²) >= 11 is 0. The molecule has 0 bridgehead atoms. The van der Waals surface area contributed by atoms with Crippen molar-refractivity contribution in [2.45, 2.75) is 12.6 Å². The van der Waals surface area contributed by atoms with E-state index in [0.29, 0.717) is 30.1 Å².